The Morgan fingerprint density at radius 1 is 1.55 bits per heavy atom. The average molecular weight is 278 g/mol. The first-order valence-electron chi connectivity index (χ1n) is 6.90. The molecule has 2 heterocycles. The first-order valence-corrected chi connectivity index (χ1v) is 6.90. The maximum Gasteiger partial charge on any atom is 0.254 e. The van der Waals surface area contributed by atoms with Crippen molar-refractivity contribution >= 4 is 11.7 Å². The highest BCUT2D eigenvalue weighted by Gasteiger charge is 2.25. The second kappa shape index (κ2) is 6.19. The summed E-state index contributed by atoms with van der Waals surface area (Å²) in [5, 5.41) is 0. The van der Waals surface area contributed by atoms with E-state index in [-0.39, 0.29) is 17.9 Å². The minimum Gasteiger partial charge on any atom is -0.377 e. The van der Waals surface area contributed by atoms with Crippen LogP contribution in [0.25, 0.3) is 0 Å². The van der Waals surface area contributed by atoms with Gasteiger partial charge in [-0.15, -0.1) is 0 Å². The Kier molecular flexibility index (Phi) is 4.57. The number of carbonyl (C=O) groups is 1. The number of nitrogens with one attached hydrogen (secondary N) is 1. The number of anilines is 1. The van der Waals surface area contributed by atoms with Gasteiger partial charge in [0.05, 0.1) is 19.3 Å². The van der Waals surface area contributed by atoms with E-state index in [0.717, 1.165) is 5.69 Å². The van der Waals surface area contributed by atoms with Crippen molar-refractivity contribution in [2.45, 2.75) is 32.7 Å². The molecule has 1 saturated heterocycles. The first-order chi connectivity index (χ1) is 9.52. The Balaban J connectivity index is 2.30. The number of nitrogens with zero attached hydrogens (tertiary/aromatic N) is 2. The molecule has 0 radical (unpaired) electrons. The van der Waals surface area contributed by atoms with E-state index < -0.39 is 0 Å². The van der Waals surface area contributed by atoms with Gasteiger partial charge in [-0.3, -0.25) is 4.79 Å². The lowest BCUT2D eigenvalue weighted by molar-refractivity contribution is 0.00358. The lowest BCUT2D eigenvalue weighted by Gasteiger charge is -2.33. The number of ether oxygens (including phenoxy) is 1. The molecule has 1 amide bonds. The topological polar surface area (TPSA) is 80.5 Å². The molecule has 1 aliphatic rings. The molecule has 0 bridgehead atoms. The smallest absolute Gasteiger partial charge is 0.254 e. The Morgan fingerprint density at radius 2 is 2.30 bits per heavy atom. The molecule has 6 heteroatoms. The number of hydrogen-bond acceptors (Lipinski definition) is 5. The summed E-state index contributed by atoms with van der Waals surface area (Å²) < 4.78 is 5.37. The van der Waals surface area contributed by atoms with Gasteiger partial charge in [0.25, 0.3) is 5.91 Å². The Labute approximate surface area is 119 Å². The summed E-state index contributed by atoms with van der Waals surface area (Å²) in [6.45, 7) is 7.84. The first kappa shape index (κ1) is 14.7. The number of rotatable bonds is 3. The van der Waals surface area contributed by atoms with Gasteiger partial charge in [-0.05, 0) is 25.0 Å². The van der Waals surface area contributed by atoms with Crippen molar-refractivity contribution < 1.29 is 9.53 Å². The Hall–Kier alpha value is -1.66. The van der Waals surface area contributed by atoms with E-state index in [1.165, 1.54) is 0 Å². The number of pyridine rings is 1. The van der Waals surface area contributed by atoms with Crippen LogP contribution < -0.4 is 11.3 Å². The van der Waals surface area contributed by atoms with Crippen LogP contribution in [-0.2, 0) is 4.74 Å². The van der Waals surface area contributed by atoms with E-state index in [4.69, 9.17) is 10.6 Å². The molecule has 0 aliphatic carbocycles. The summed E-state index contributed by atoms with van der Waals surface area (Å²) >= 11 is 0. The van der Waals surface area contributed by atoms with E-state index in [1.54, 1.807) is 6.07 Å². The van der Waals surface area contributed by atoms with Crippen LogP contribution in [0.1, 0.15) is 42.7 Å². The van der Waals surface area contributed by atoms with Crippen molar-refractivity contribution in [1.82, 2.24) is 9.88 Å². The Bertz CT molecular complexity index is 490. The maximum atomic E-state index is 12.6. The van der Waals surface area contributed by atoms with E-state index in [2.05, 4.69) is 10.4 Å². The second-order valence-corrected chi connectivity index (χ2v) is 5.39. The summed E-state index contributed by atoms with van der Waals surface area (Å²) in [5.41, 5.74) is 3.99. The van der Waals surface area contributed by atoms with Gasteiger partial charge in [0, 0.05) is 17.8 Å². The van der Waals surface area contributed by atoms with Crippen molar-refractivity contribution in [3.8, 4) is 0 Å². The number of carbonyl (C=O) groups excluding carboxylic acids is 1. The van der Waals surface area contributed by atoms with Gasteiger partial charge in [-0.1, -0.05) is 13.8 Å². The average Bonchev–Trinajstić information content (AvgIpc) is 2.46. The van der Waals surface area contributed by atoms with Gasteiger partial charge in [0.2, 0.25) is 0 Å². The second-order valence-electron chi connectivity index (χ2n) is 5.39. The summed E-state index contributed by atoms with van der Waals surface area (Å²) in [6.07, 6.45) is 0. The van der Waals surface area contributed by atoms with Crippen molar-refractivity contribution in [1.29, 1.82) is 0 Å². The quantitative estimate of drug-likeness (QED) is 0.644. The Morgan fingerprint density at radius 3 is 2.90 bits per heavy atom. The molecule has 6 nitrogen and oxygen atoms in total. The minimum absolute atomic E-state index is 0.00148. The molecule has 2 rings (SSSR count). The largest absolute Gasteiger partial charge is 0.377 e. The molecule has 20 heavy (non-hydrogen) atoms. The van der Waals surface area contributed by atoms with Crippen LogP contribution in [0.2, 0.25) is 0 Å². The predicted molar refractivity (Wildman–Crippen MR) is 77.5 cm³/mol. The standard InChI is InChI=1S/C14H22N4O2/c1-9(2)12-6-11(7-13(16-12)17-15)14(19)18-4-5-20-8-10(18)3/h6-7,9-10H,4-5,8,15H2,1-3H3,(H,16,17). The number of amides is 1. The fourth-order valence-corrected chi connectivity index (χ4v) is 2.24. The molecule has 1 fully saturated rings. The lowest BCUT2D eigenvalue weighted by Crippen LogP contribution is -2.47. The van der Waals surface area contributed by atoms with Crippen molar-refractivity contribution in [2.75, 3.05) is 25.2 Å². The van der Waals surface area contributed by atoms with E-state index in [0.29, 0.717) is 31.1 Å². The van der Waals surface area contributed by atoms with Gasteiger partial charge >= 0.3 is 0 Å². The van der Waals surface area contributed by atoms with Crippen LogP contribution in [0.4, 0.5) is 5.82 Å². The van der Waals surface area contributed by atoms with Crippen LogP contribution in [0.15, 0.2) is 12.1 Å². The zero-order valence-corrected chi connectivity index (χ0v) is 12.2. The fraction of sp³-hybridized carbons (Fsp3) is 0.571. The van der Waals surface area contributed by atoms with Gasteiger partial charge in [-0.25, -0.2) is 10.8 Å². The number of hydrogen-bond donors (Lipinski definition) is 2. The molecule has 1 aromatic rings. The predicted octanol–water partition coefficient (Wildman–Crippen LogP) is 1.35. The highest BCUT2D eigenvalue weighted by atomic mass is 16.5. The number of aromatic nitrogens is 1. The highest BCUT2D eigenvalue weighted by molar-refractivity contribution is 5.95. The summed E-state index contributed by atoms with van der Waals surface area (Å²) in [6, 6.07) is 3.62. The molecule has 3 N–H and O–H groups in total. The minimum atomic E-state index is 0.00148. The highest BCUT2D eigenvalue weighted by Crippen LogP contribution is 2.20. The SMILES string of the molecule is CC(C)c1cc(C(=O)N2CCOCC2C)cc(NN)n1. The summed E-state index contributed by atoms with van der Waals surface area (Å²) in [4.78, 5) is 18.8. The number of morpholine rings is 1. The van der Waals surface area contributed by atoms with Crippen LogP contribution in [0, 0.1) is 0 Å². The van der Waals surface area contributed by atoms with E-state index in [9.17, 15) is 4.79 Å². The number of nitrogen functional groups attached to an aromatic ring is 1. The monoisotopic (exact) mass is 278 g/mol. The molecule has 1 aromatic heterocycles. The van der Waals surface area contributed by atoms with Gasteiger partial charge < -0.3 is 15.1 Å². The molecule has 0 saturated carbocycles. The van der Waals surface area contributed by atoms with E-state index >= 15 is 0 Å². The van der Waals surface area contributed by atoms with Gasteiger partial charge in [0.15, 0.2) is 0 Å². The maximum absolute atomic E-state index is 12.6. The molecule has 0 aromatic carbocycles. The third-order valence-electron chi connectivity index (χ3n) is 3.46. The number of nitrogens with two attached hydrogens (primary N) is 1. The van der Waals surface area contributed by atoms with Gasteiger partial charge in [0.1, 0.15) is 5.82 Å². The number of hydrazine groups is 1. The van der Waals surface area contributed by atoms with Crippen LogP contribution >= 0.6 is 0 Å². The van der Waals surface area contributed by atoms with Crippen LogP contribution in [-0.4, -0.2) is 41.6 Å². The normalized spacial score (nSPS) is 19.2. The van der Waals surface area contributed by atoms with E-state index in [1.807, 2.05) is 31.7 Å². The van der Waals surface area contributed by atoms with Crippen LogP contribution in [0.5, 0.6) is 0 Å². The van der Waals surface area contributed by atoms with Crippen molar-refractivity contribution in [2.24, 2.45) is 5.84 Å². The van der Waals surface area contributed by atoms with Crippen LogP contribution in [0.3, 0.4) is 0 Å². The van der Waals surface area contributed by atoms with Crippen molar-refractivity contribution in [3.05, 3.63) is 23.4 Å². The van der Waals surface area contributed by atoms with Gasteiger partial charge in [-0.2, -0.15) is 0 Å². The molecule has 1 atom stereocenters. The molecule has 0 spiro atoms. The molecule has 110 valence electrons. The third kappa shape index (κ3) is 3.08. The molecular weight excluding hydrogens is 256 g/mol. The third-order valence-corrected chi connectivity index (χ3v) is 3.46. The van der Waals surface area contributed by atoms with Crippen molar-refractivity contribution in [3.63, 3.8) is 0 Å². The zero-order valence-electron chi connectivity index (χ0n) is 12.2. The molecule has 1 aliphatic heterocycles. The molecular formula is C14H22N4O2. The summed E-state index contributed by atoms with van der Waals surface area (Å²) in [5.74, 6) is 6.19. The summed E-state index contributed by atoms with van der Waals surface area (Å²) in [7, 11) is 0. The molecule has 1 unspecified atom stereocenters. The fourth-order valence-electron chi connectivity index (χ4n) is 2.24. The lowest BCUT2D eigenvalue weighted by atomic mass is 10.1. The zero-order chi connectivity index (χ0) is 14.7.